The number of carbonyl (C=O) groups excluding carboxylic acids is 2. The largest absolute Gasteiger partial charge is 0.449 e. The summed E-state index contributed by atoms with van der Waals surface area (Å²) in [6.45, 7) is 7.70. The minimum absolute atomic E-state index is 0.0449. The van der Waals surface area contributed by atoms with Gasteiger partial charge >= 0.3 is 12.2 Å². The summed E-state index contributed by atoms with van der Waals surface area (Å²) >= 11 is 0. The average Bonchev–Trinajstić information content (AvgIpc) is 3.68. The Balaban J connectivity index is 0.852. The summed E-state index contributed by atoms with van der Waals surface area (Å²) in [5, 5.41) is 6.44. The van der Waals surface area contributed by atoms with E-state index in [2.05, 4.69) is 31.4 Å². The van der Waals surface area contributed by atoms with Crippen LogP contribution in [0.4, 0.5) is 9.59 Å². The predicted octanol–water partition coefficient (Wildman–Crippen LogP) is 6.92. The Morgan fingerprint density at radius 3 is 1.79 bits per heavy atom. The molecule has 12 unspecified atom stereocenters. The van der Waals surface area contributed by atoms with Crippen LogP contribution in [0.25, 0.3) is 0 Å². The molecule has 0 heterocycles. The lowest BCUT2D eigenvalue weighted by Crippen LogP contribution is -2.58. The van der Waals surface area contributed by atoms with Crippen LogP contribution in [0.2, 0.25) is 0 Å². The second kappa shape index (κ2) is 9.82. The van der Waals surface area contributed by atoms with Crippen molar-refractivity contribution in [2.75, 3.05) is 13.2 Å². The normalized spacial score (nSPS) is 48.5. The zero-order valence-corrected chi connectivity index (χ0v) is 24.6. The molecule has 0 aromatic heterocycles. The molecule has 4 bridgehead atoms. The first-order valence-corrected chi connectivity index (χ1v) is 16.6. The molecule has 0 aliphatic heterocycles. The lowest BCUT2D eigenvalue weighted by Gasteiger charge is -2.47. The number of amides is 2. The van der Waals surface area contributed by atoms with E-state index in [0.29, 0.717) is 25.0 Å². The Labute approximate surface area is 235 Å². The van der Waals surface area contributed by atoms with E-state index in [1.807, 2.05) is 0 Å². The van der Waals surface area contributed by atoms with Crippen molar-refractivity contribution in [1.29, 1.82) is 0 Å². The van der Waals surface area contributed by atoms with E-state index in [4.69, 9.17) is 9.47 Å². The fraction of sp³-hybridized carbons (Fsp3) is 0.939. The monoisotopic (exact) mass is 540 g/mol. The molecule has 0 saturated heterocycles. The molecule has 0 aromatic rings. The van der Waals surface area contributed by atoms with Crippen molar-refractivity contribution < 1.29 is 19.1 Å². The van der Waals surface area contributed by atoms with Gasteiger partial charge in [-0.1, -0.05) is 26.7 Å². The average molecular weight is 541 g/mol. The molecule has 6 heteroatoms. The van der Waals surface area contributed by atoms with Crippen LogP contribution < -0.4 is 10.6 Å². The molecule has 12 atom stereocenters. The van der Waals surface area contributed by atoms with E-state index in [-0.39, 0.29) is 29.2 Å². The van der Waals surface area contributed by atoms with Gasteiger partial charge in [-0.15, -0.1) is 0 Å². The van der Waals surface area contributed by atoms with E-state index in [1.165, 1.54) is 64.2 Å². The van der Waals surface area contributed by atoms with Crippen molar-refractivity contribution in [2.24, 2.45) is 64.6 Å². The summed E-state index contributed by atoms with van der Waals surface area (Å²) in [6.07, 6.45) is 15.7. The van der Waals surface area contributed by atoms with Gasteiger partial charge in [0.25, 0.3) is 0 Å². The molecule has 2 amide bonds. The van der Waals surface area contributed by atoms with Crippen LogP contribution in [0.15, 0.2) is 0 Å². The highest BCUT2D eigenvalue weighted by atomic mass is 16.6. The topological polar surface area (TPSA) is 76.7 Å². The van der Waals surface area contributed by atoms with Gasteiger partial charge in [0.1, 0.15) is 0 Å². The highest BCUT2D eigenvalue weighted by molar-refractivity contribution is 5.69. The molecule has 7 rings (SSSR count). The van der Waals surface area contributed by atoms with Crippen LogP contribution in [0, 0.1) is 64.6 Å². The number of hydrogen-bond acceptors (Lipinski definition) is 4. The Morgan fingerprint density at radius 2 is 1.23 bits per heavy atom. The van der Waals surface area contributed by atoms with E-state index in [9.17, 15) is 9.59 Å². The fourth-order valence-electron chi connectivity index (χ4n) is 12.1. The number of hydrogen-bond donors (Lipinski definition) is 2. The standard InChI is InChI=1S/C33H52N2O4/c1-32(2)18-33(3,35-31(37)39-17-22-13-20-15-28(22)26-9-5-7-24(20)26)11-10-29(32)34-30(36)38-16-21-12-19-14-27(21)25-8-4-6-23(19)25/h19-29H,4-18H2,1-3H3,(H,34,36)(H,35,37). The van der Waals surface area contributed by atoms with Crippen LogP contribution in [0.1, 0.15) is 104 Å². The van der Waals surface area contributed by atoms with Crippen molar-refractivity contribution in [1.82, 2.24) is 10.6 Å². The van der Waals surface area contributed by atoms with Crippen LogP contribution in [0.3, 0.4) is 0 Å². The lowest BCUT2D eigenvalue weighted by molar-refractivity contribution is 0.0512. The Morgan fingerprint density at radius 1 is 0.692 bits per heavy atom. The number of rotatable bonds is 6. The van der Waals surface area contributed by atoms with Gasteiger partial charge in [-0.2, -0.15) is 0 Å². The van der Waals surface area contributed by atoms with Gasteiger partial charge in [0.15, 0.2) is 0 Å². The summed E-state index contributed by atoms with van der Waals surface area (Å²) in [5.41, 5.74) is -0.473. The van der Waals surface area contributed by atoms with Gasteiger partial charge < -0.3 is 20.1 Å². The first-order chi connectivity index (χ1) is 18.7. The third-order valence-corrected chi connectivity index (χ3v) is 13.5. The fourth-order valence-corrected chi connectivity index (χ4v) is 12.1. The van der Waals surface area contributed by atoms with Gasteiger partial charge in [-0.05, 0) is 142 Å². The number of carbonyl (C=O) groups is 2. The molecule has 0 aromatic carbocycles. The van der Waals surface area contributed by atoms with Gasteiger partial charge in [-0.3, -0.25) is 0 Å². The lowest BCUT2D eigenvalue weighted by atomic mass is 9.66. The predicted molar refractivity (Wildman–Crippen MR) is 150 cm³/mol. The van der Waals surface area contributed by atoms with Crippen LogP contribution in [-0.4, -0.2) is 37.0 Å². The third kappa shape index (κ3) is 4.78. The highest BCUT2D eigenvalue weighted by Gasteiger charge is 2.55. The molecule has 39 heavy (non-hydrogen) atoms. The van der Waals surface area contributed by atoms with Gasteiger partial charge in [0.05, 0.1) is 13.2 Å². The molecule has 2 N–H and O–H groups in total. The summed E-state index contributed by atoms with van der Waals surface area (Å²) in [4.78, 5) is 25.7. The van der Waals surface area contributed by atoms with E-state index < -0.39 is 0 Å². The SMILES string of the molecule is CC1(NC(=O)OCC2CC3CC2C2CCCC32)CCC(NC(=O)OCC2CC3CC2C2CCCC32)C(C)(C)C1. The Hall–Kier alpha value is -1.46. The second-order valence-corrected chi connectivity index (χ2v) is 16.1. The molecule has 0 spiro atoms. The Bertz CT molecular complexity index is 967. The van der Waals surface area contributed by atoms with Crippen molar-refractivity contribution in [3.05, 3.63) is 0 Å². The summed E-state index contributed by atoms with van der Waals surface area (Å²) in [7, 11) is 0. The number of nitrogens with one attached hydrogen (secondary N) is 2. The number of alkyl carbamates (subject to hydrolysis) is 2. The number of ether oxygens (including phenoxy) is 2. The maximum Gasteiger partial charge on any atom is 0.407 e. The van der Waals surface area contributed by atoms with Gasteiger partial charge in [-0.25, -0.2) is 9.59 Å². The molecule has 7 aliphatic carbocycles. The third-order valence-electron chi connectivity index (χ3n) is 13.5. The molecule has 0 radical (unpaired) electrons. The molecule has 7 aliphatic rings. The van der Waals surface area contributed by atoms with E-state index in [0.717, 1.165) is 66.6 Å². The molecule has 7 saturated carbocycles. The molecular formula is C33H52N2O4. The van der Waals surface area contributed by atoms with Crippen molar-refractivity contribution in [3.63, 3.8) is 0 Å². The molecule has 218 valence electrons. The molecule has 7 fully saturated rings. The summed E-state index contributed by atoms with van der Waals surface area (Å²) in [5.74, 6) is 8.24. The minimum atomic E-state index is -0.325. The maximum absolute atomic E-state index is 12.9. The van der Waals surface area contributed by atoms with Crippen LogP contribution in [-0.2, 0) is 9.47 Å². The maximum atomic E-state index is 12.9. The van der Waals surface area contributed by atoms with Crippen molar-refractivity contribution in [2.45, 2.75) is 116 Å². The highest BCUT2D eigenvalue weighted by Crippen LogP contribution is 2.62. The van der Waals surface area contributed by atoms with E-state index >= 15 is 0 Å². The summed E-state index contributed by atoms with van der Waals surface area (Å²) in [6, 6.07) is 0.0449. The van der Waals surface area contributed by atoms with Crippen molar-refractivity contribution in [3.8, 4) is 0 Å². The number of fused-ring (bicyclic) bond motifs is 10. The van der Waals surface area contributed by atoms with Gasteiger partial charge in [0, 0.05) is 11.6 Å². The quantitative estimate of drug-likeness (QED) is 0.383. The Kier molecular flexibility index (Phi) is 6.66. The first-order valence-electron chi connectivity index (χ1n) is 16.6. The van der Waals surface area contributed by atoms with Gasteiger partial charge in [0.2, 0.25) is 0 Å². The van der Waals surface area contributed by atoms with Crippen LogP contribution in [0.5, 0.6) is 0 Å². The molecular weight excluding hydrogens is 488 g/mol. The van der Waals surface area contributed by atoms with E-state index in [1.54, 1.807) is 0 Å². The molecule has 6 nitrogen and oxygen atoms in total. The smallest absolute Gasteiger partial charge is 0.407 e. The minimum Gasteiger partial charge on any atom is -0.449 e. The zero-order chi connectivity index (χ0) is 26.9. The summed E-state index contributed by atoms with van der Waals surface area (Å²) < 4.78 is 11.7. The van der Waals surface area contributed by atoms with Crippen molar-refractivity contribution >= 4 is 12.2 Å². The first kappa shape index (κ1) is 26.4. The second-order valence-electron chi connectivity index (χ2n) is 16.1. The zero-order valence-electron chi connectivity index (χ0n) is 24.6. The van der Waals surface area contributed by atoms with Crippen LogP contribution >= 0.6 is 0 Å².